The molecule has 0 N–H and O–H groups in total. The Morgan fingerprint density at radius 3 is 2.72 bits per heavy atom. The van der Waals surface area contributed by atoms with Crippen molar-refractivity contribution in [1.82, 2.24) is 24.8 Å². The van der Waals surface area contributed by atoms with Crippen LogP contribution in [0.1, 0.15) is 5.69 Å². The monoisotopic (exact) mass is 343 g/mol. The zero-order valence-electron chi connectivity index (χ0n) is 13.9. The Morgan fingerprint density at radius 1 is 1.24 bits per heavy atom. The lowest BCUT2D eigenvalue weighted by Crippen LogP contribution is -2.18. The molecule has 130 valence electrons. The lowest BCUT2D eigenvalue weighted by Gasteiger charge is -2.05. The Kier molecular flexibility index (Phi) is 4.75. The van der Waals surface area contributed by atoms with Crippen LogP contribution in [0.3, 0.4) is 0 Å². The Morgan fingerprint density at radius 2 is 2.00 bits per heavy atom. The number of methoxy groups -OCH3 is 1. The smallest absolute Gasteiger partial charge is 0.437 e. The van der Waals surface area contributed by atoms with E-state index >= 15 is 0 Å². The number of hydrogen-bond donors (Lipinski definition) is 0. The van der Waals surface area contributed by atoms with E-state index in [1.54, 1.807) is 6.92 Å². The topological polar surface area (TPSA) is 97.2 Å². The summed E-state index contributed by atoms with van der Waals surface area (Å²) in [7, 11) is 1.49. The maximum Gasteiger partial charge on any atom is 0.437 e. The van der Waals surface area contributed by atoms with Crippen LogP contribution in [0, 0.1) is 6.92 Å². The van der Waals surface area contributed by atoms with E-state index in [0.29, 0.717) is 17.1 Å². The van der Waals surface area contributed by atoms with Crippen LogP contribution in [0.2, 0.25) is 0 Å². The minimum absolute atomic E-state index is 0.0444. The van der Waals surface area contributed by atoms with Crippen molar-refractivity contribution in [3.05, 3.63) is 58.9 Å². The van der Waals surface area contributed by atoms with Gasteiger partial charge in [0, 0.05) is 7.11 Å². The van der Waals surface area contributed by atoms with Gasteiger partial charge in [-0.1, -0.05) is 24.8 Å². The molecule has 2 aromatic heterocycles. The van der Waals surface area contributed by atoms with E-state index in [9.17, 15) is 4.79 Å². The van der Waals surface area contributed by atoms with Gasteiger partial charge in [0.25, 0.3) is 5.89 Å². The Labute approximate surface area is 143 Å². The summed E-state index contributed by atoms with van der Waals surface area (Å²) in [6.45, 7) is 5.56. The highest BCUT2D eigenvalue weighted by Crippen LogP contribution is 2.18. The number of benzene rings is 1. The van der Waals surface area contributed by atoms with Gasteiger partial charge in [-0.15, -0.1) is 10.2 Å². The molecule has 0 amide bonds. The second kappa shape index (κ2) is 7.14. The number of aromatic nitrogens is 5. The average Bonchev–Trinajstić information content (AvgIpc) is 3.17. The molecular formula is C16H17N5O4. The highest BCUT2D eigenvalue weighted by Gasteiger charge is 2.18. The summed E-state index contributed by atoms with van der Waals surface area (Å²) in [5, 5.41) is 12.8. The van der Waals surface area contributed by atoms with Gasteiger partial charge < -0.3 is 13.9 Å². The molecule has 3 rings (SSSR count). The molecule has 0 aliphatic carbocycles. The van der Waals surface area contributed by atoms with Crippen LogP contribution in [0.5, 0.6) is 0 Å². The second-order valence-corrected chi connectivity index (χ2v) is 5.18. The molecule has 3 aromatic rings. The number of allylic oxidation sites excluding steroid dienone is 1. The molecule has 0 spiro atoms. The second-order valence-electron chi connectivity index (χ2n) is 5.18. The summed E-state index contributed by atoms with van der Waals surface area (Å²) >= 11 is 0. The summed E-state index contributed by atoms with van der Waals surface area (Å²) in [5.41, 5.74) is 1.77. The van der Waals surface area contributed by atoms with Crippen molar-refractivity contribution in [3.8, 4) is 17.3 Å². The molecule has 1 aromatic carbocycles. The van der Waals surface area contributed by atoms with E-state index in [1.165, 1.54) is 11.9 Å². The zero-order chi connectivity index (χ0) is 17.8. The van der Waals surface area contributed by atoms with E-state index < -0.39 is 5.76 Å². The van der Waals surface area contributed by atoms with Crippen molar-refractivity contribution < 1.29 is 13.9 Å². The third kappa shape index (κ3) is 3.66. The first-order chi connectivity index (χ1) is 12.1. The van der Waals surface area contributed by atoms with Gasteiger partial charge in [0.2, 0.25) is 0 Å². The van der Waals surface area contributed by atoms with Crippen LogP contribution in [-0.2, 0) is 16.0 Å². The summed E-state index contributed by atoms with van der Waals surface area (Å²) in [4.78, 5) is 13.4. The molecular weight excluding hydrogens is 326 g/mol. The van der Waals surface area contributed by atoms with Crippen LogP contribution >= 0.6 is 0 Å². The molecule has 0 fully saturated rings. The first-order valence-electron chi connectivity index (χ1n) is 7.45. The number of aryl methyl sites for hydroxylation is 1. The third-order valence-electron chi connectivity index (χ3n) is 3.29. The van der Waals surface area contributed by atoms with E-state index in [0.717, 1.165) is 10.4 Å². The van der Waals surface area contributed by atoms with Crippen LogP contribution in [-0.4, -0.2) is 38.7 Å². The summed E-state index contributed by atoms with van der Waals surface area (Å²) in [5.74, 6) is -0.219. The zero-order valence-corrected chi connectivity index (χ0v) is 13.9. The van der Waals surface area contributed by atoms with Crippen LogP contribution < -0.4 is 5.76 Å². The van der Waals surface area contributed by atoms with E-state index in [2.05, 4.69) is 21.9 Å². The molecule has 0 unspecified atom stereocenters. The fourth-order valence-corrected chi connectivity index (χ4v) is 2.11. The molecule has 9 nitrogen and oxygen atoms in total. The summed E-state index contributed by atoms with van der Waals surface area (Å²) < 4.78 is 16.2. The largest absolute Gasteiger partial charge is 0.471 e. The fraction of sp³-hybridized carbons (Fsp3) is 0.250. The molecule has 0 radical (unpaired) electrons. The van der Waals surface area contributed by atoms with E-state index in [-0.39, 0.29) is 19.2 Å². The van der Waals surface area contributed by atoms with Crippen LogP contribution in [0.25, 0.3) is 17.3 Å². The van der Waals surface area contributed by atoms with Crippen molar-refractivity contribution in [2.24, 2.45) is 0 Å². The normalized spacial score (nSPS) is 10.8. The van der Waals surface area contributed by atoms with Gasteiger partial charge >= 0.3 is 5.76 Å². The number of hydrogen-bond acceptors (Lipinski definition) is 7. The van der Waals surface area contributed by atoms with Gasteiger partial charge in [-0.2, -0.15) is 14.6 Å². The summed E-state index contributed by atoms with van der Waals surface area (Å²) in [6, 6.07) is 9.41. The van der Waals surface area contributed by atoms with Crippen molar-refractivity contribution in [2.45, 2.75) is 13.5 Å². The van der Waals surface area contributed by atoms with Gasteiger partial charge in [0.15, 0.2) is 12.5 Å². The molecule has 0 bridgehead atoms. The number of rotatable bonds is 7. The summed E-state index contributed by atoms with van der Waals surface area (Å²) in [6.07, 6.45) is 0. The first kappa shape index (κ1) is 16.7. The van der Waals surface area contributed by atoms with Gasteiger partial charge in [0.05, 0.1) is 11.4 Å². The van der Waals surface area contributed by atoms with E-state index in [1.807, 2.05) is 30.3 Å². The lowest BCUT2D eigenvalue weighted by atomic mass is 10.3. The molecule has 0 atom stereocenters. The quantitative estimate of drug-likeness (QED) is 0.474. The van der Waals surface area contributed by atoms with Crippen molar-refractivity contribution in [2.75, 3.05) is 13.9 Å². The Bertz CT molecular complexity index is 926. The van der Waals surface area contributed by atoms with Gasteiger partial charge in [-0.3, -0.25) is 0 Å². The van der Waals surface area contributed by atoms with E-state index in [4.69, 9.17) is 13.9 Å². The maximum absolute atomic E-state index is 12.0. The highest BCUT2D eigenvalue weighted by atomic mass is 16.7. The van der Waals surface area contributed by atoms with Crippen molar-refractivity contribution >= 4 is 0 Å². The predicted molar refractivity (Wildman–Crippen MR) is 88.0 cm³/mol. The molecule has 25 heavy (non-hydrogen) atoms. The first-order valence-corrected chi connectivity index (χ1v) is 7.45. The van der Waals surface area contributed by atoms with Crippen molar-refractivity contribution in [3.63, 3.8) is 0 Å². The average molecular weight is 343 g/mol. The molecule has 0 saturated heterocycles. The molecule has 0 aliphatic rings. The molecule has 9 heteroatoms. The minimum Gasteiger partial charge on any atom is -0.471 e. The van der Waals surface area contributed by atoms with Gasteiger partial charge in [0.1, 0.15) is 12.3 Å². The number of para-hydroxylation sites is 1. The van der Waals surface area contributed by atoms with Crippen LogP contribution in [0.4, 0.5) is 0 Å². The minimum atomic E-state index is -0.633. The molecule has 0 aliphatic heterocycles. The molecule has 2 heterocycles. The number of ether oxygens (including phenoxy) is 2. The highest BCUT2D eigenvalue weighted by molar-refractivity contribution is 5.49. The predicted octanol–water partition coefficient (Wildman–Crippen LogP) is 1.53. The number of nitrogens with zero attached hydrogens (tertiary/aromatic N) is 5. The maximum atomic E-state index is 12.0. The Hall–Kier alpha value is -3.20. The molecule has 0 saturated carbocycles. The van der Waals surface area contributed by atoms with Crippen molar-refractivity contribution in [1.29, 1.82) is 0 Å². The third-order valence-corrected chi connectivity index (χ3v) is 3.29. The van der Waals surface area contributed by atoms with Gasteiger partial charge in [-0.25, -0.2) is 4.79 Å². The van der Waals surface area contributed by atoms with Crippen LogP contribution in [0.15, 0.2) is 51.9 Å². The lowest BCUT2D eigenvalue weighted by molar-refractivity contribution is 0.00117. The SMILES string of the molecule is C=C(Cn1nc(-c2nn(-c3ccccc3)nc2C)oc1=O)OCOC. The fourth-order valence-electron chi connectivity index (χ4n) is 2.11. The standard InChI is InChI=1S/C16H17N5O4/c1-11(24-10-23-3)9-20-16(22)25-15(19-20)14-12(2)17-21(18-14)13-7-5-4-6-8-13/h4-8H,1,9-10H2,2-3H3. The Balaban J connectivity index is 1.86. The van der Waals surface area contributed by atoms with Gasteiger partial charge in [-0.05, 0) is 19.1 Å².